The molecule has 0 spiro atoms. The molecule has 2 aliphatic heterocycles. The van der Waals surface area contributed by atoms with E-state index in [1.54, 1.807) is 12.3 Å². The number of anilines is 1. The van der Waals surface area contributed by atoms with Gasteiger partial charge in [-0.05, 0) is 27.6 Å². The Morgan fingerprint density at radius 1 is 1.38 bits per heavy atom. The molecule has 0 aliphatic carbocycles. The van der Waals surface area contributed by atoms with Crippen molar-refractivity contribution in [2.75, 3.05) is 25.0 Å². The lowest BCUT2D eigenvalue weighted by atomic mass is 9.85. The maximum Gasteiger partial charge on any atom is 0.198 e. The van der Waals surface area contributed by atoms with E-state index in [-0.39, 0.29) is 12.0 Å². The van der Waals surface area contributed by atoms with Gasteiger partial charge in [0.15, 0.2) is 5.70 Å². The van der Waals surface area contributed by atoms with Crippen LogP contribution < -0.4 is 10.6 Å². The topological polar surface area (TPSA) is 90.1 Å². The minimum absolute atomic E-state index is 0.232. The van der Waals surface area contributed by atoms with E-state index in [9.17, 15) is 5.26 Å². The zero-order valence-electron chi connectivity index (χ0n) is 13.7. The summed E-state index contributed by atoms with van der Waals surface area (Å²) in [6.45, 7) is 9.86. The summed E-state index contributed by atoms with van der Waals surface area (Å²) in [6.07, 6.45) is 1.49. The molecule has 8 heteroatoms. The number of nitriles is 1. The van der Waals surface area contributed by atoms with Crippen LogP contribution in [-0.2, 0) is 4.74 Å². The van der Waals surface area contributed by atoms with E-state index < -0.39 is 0 Å². The monoisotopic (exact) mass is 410 g/mol. The molecule has 0 bridgehead atoms. The highest BCUT2D eigenvalue weighted by molar-refractivity contribution is 9.10. The number of allylic oxidation sites excluding steroid dienone is 1. The average Bonchev–Trinajstić information content (AvgIpc) is 3.16. The summed E-state index contributed by atoms with van der Waals surface area (Å²) in [6, 6.07) is 7.70. The fourth-order valence-electron chi connectivity index (χ4n) is 3.41. The highest BCUT2D eigenvalue weighted by Crippen LogP contribution is 2.45. The van der Waals surface area contributed by atoms with Crippen LogP contribution in [0.5, 0.6) is 0 Å². The fraction of sp³-hybridized carbons (Fsp3) is 0.278. The fourth-order valence-corrected chi connectivity index (χ4v) is 3.99. The zero-order chi connectivity index (χ0) is 18.1. The largest absolute Gasteiger partial charge is 0.371 e. The molecule has 130 valence electrons. The molecule has 2 aliphatic rings. The highest BCUT2D eigenvalue weighted by atomic mass is 79.9. The summed E-state index contributed by atoms with van der Waals surface area (Å²) in [5, 5.41) is 23.1. The number of morpholine rings is 1. The Labute approximate surface area is 159 Å². The molecule has 1 aromatic carbocycles. The average molecular weight is 411 g/mol. The SMILES string of the molecule is [C-]#[N+]C1=C(C2CNCCO2)Nc2[nH]ncc2C1c1cccc(C#N)c1Br. The Bertz CT molecular complexity index is 961. The van der Waals surface area contributed by atoms with Gasteiger partial charge in [-0.1, -0.05) is 12.1 Å². The van der Waals surface area contributed by atoms with Crippen LogP contribution in [0, 0.1) is 17.9 Å². The molecular formula is C18H15BrN6O. The van der Waals surface area contributed by atoms with Crippen molar-refractivity contribution in [2.24, 2.45) is 0 Å². The number of ether oxygens (including phenoxy) is 1. The van der Waals surface area contributed by atoms with Crippen LogP contribution in [0.1, 0.15) is 22.6 Å². The van der Waals surface area contributed by atoms with E-state index >= 15 is 0 Å². The molecule has 1 saturated heterocycles. The van der Waals surface area contributed by atoms with Crippen LogP contribution in [0.3, 0.4) is 0 Å². The Morgan fingerprint density at radius 3 is 3.00 bits per heavy atom. The van der Waals surface area contributed by atoms with Crippen LogP contribution >= 0.6 is 15.9 Å². The third-order valence-electron chi connectivity index (χ3n) is 4.62. The van der Waals surface area contributed by atoms with E-state index in [4.69, 9.17) is 11.3 Å². The van der Waals surface area contributed by atoms with Crippen molar-refractivity contribution in [3.05, 3.63) is 68.4 Å². The van der Waals surface area contributed by atoms with Gasteiger partial charge in [0.1, 0.15) is 11.9 Å². The van der Waals surface area contributed by atoms with E-state index in [1.165, 1.54) is 0 Å². The van der Waals surface area contributed by atoms with Gasteiger partial charge < -0.3 is 15.4 Å². The van der Waals surface area contributed by atoms with Gasteiger partial charge in [-0.25, -0.2) is 4.85 Å². The van der Waals surface area contributed by atoms with Gasteiger partial charge in [0.05, 0.1) is 37.0 Å². The second-order valence-electron chi connectivity index (χ2n) is 6.05. The number of nitrogens with zero attached hydrogens (tertiary/aromatic N) is 3. The van der Waals surface area contributed by atoms with Crippen molar-refractivity contribution in [1.29, 1.82) is 5.26 Å². The first-order valence-electron chi connectivity index (χ1n) is 8.17. The van der Waals surface area contributed by atoms with Crippen LogP contribution in [0.25, 0.3) is 4.85 Å². The van der Waals surface area contributed by atoms with Crippen molar-refractivity contribution in [1.82, 2.24) is 15.5 Å². The number of aromatic nitrogens is 2. The smallest absolute Gasteiger partial charge is 0.198 e. The van der Waals surface area contributed by atoms with Crippen molar-refractivity contribution >= 4 is 21.7 Å². The lowest BCUT2D eigenvalue weighted by molar-refractivity contribution is 0.0517. The number of H-pyrrole nitrogens is 1. The number of benzene rings is 1. The molecular weight excluding hydrogens is 396 g/mol. The van der Waals surface area contributed by atoms with Crippen molar-refractivity contribution in [3.8, 4) is 6.07 Å². The second kappa shape index (κ2) is 6.93. The Balaban J connectivity index is 1.90. The third-order valence-corrected chi connectivity index (χ3v) is 5.50. The normalized spacial score (nSPS) is 22.1. The Morgan fingerprint density at radius 2 is 2.27 bits per heavy atom. The van der Waals surface area contributed by atoms with E-state index in [1.807, 2.05) is 12.1 Å². The summed E-state index contributed by atoms with van der Waals surface area (Å²) >= 11 is 3.55. The zero-order valence-corrected chi connectivity index (χ0v) is 15.3. The first kappa shape index (κ1) is 16.8. The molecule has 2 atom stereocenters. The lowest BCUT2D eigenvalue weighted by Crippen LogP contribution is -2.42. The van der Waals surface area contributed by atoms with Gasteiger partial charge in [-0.15, -0.1) is 0 Å². The van der Waals surface area contributed by atoms with Gasteiger partial charge in [-0.2, -0.15) is 10.4 Å². The molecule has 0 amide bonds. The Hall–Kier alpha value is -2.65. The number of aromatic amines is 1. The van der Waals surface area contributed by atoms with Crippen molar-refractivity contribution in [3.63, 3.8) is 0 Å². The van der Waals surface area contributed by atoms with Crippen LogP contribution in [-0.4, -0.2) is 36.0 Å². The summed E-state index contributed by atoms with van der Waals surface area (Å²) in [4.78, 5) is 3.85. The minimum Gasteiger partial charge on any atom is -0.371 e. The summed E-state index contributed by atoms with van der Waals surface area (Å²) in [5.74, 6) is 0.423. The predicted molar refractivity (Wildman–Crippen MR) is 99.1 cm³/mol. The number of fused-ring (bicyclic) bond motifs is 1. The molecule has 0 saturated carbocycles. The second-order valence-corrected chi connectivity index (χ2v) is 6.85. The van der Waals surface area contributed by atoms with Gasteiger partial charge in [0, 0.05) is 28.8 Å². The molecule has 4 rings (SSSR count). The van der Waals surface area contributed by atoms with E-state index in [0.29, 0.717) is 28.9 Å². The summed E-state index contributed by atoms with van der Waals surface area (Å²) < 4.78 is 6.57. The van der Waals surface area contributed by atoms with Crippen molar-refractivity contribution < 1.29 is 4.74 Å². The molecule has 26 heavy (non-hydrogen) atoms. The molecule has 3 heterocycles. The van der Waals surface area contributed by atoms with E-state index in [2.05, 4.69) is 47.7 Å². The van der Waals surface area contributed by atoms with Gasteiger partial charge in [0.25, 0.3) is 0 Å². The van der Waals surface area contributed by atoms with Gasteiger partial charge in [0.2, 0.25) is 0 Å². The highest BCUT2D eigenvalue weighted by Gasteiger charge is 2.36. The minimum atomic E-state index is -0.328. The summed E-state index contributed by atoms with van der Waals surface area (Å²) in [5.41, 5.74) is 3.57. The number of hydrogen-bond acceptors (Lipinski definition) is 5. The van der Waals surface area contributed by atoms with Gasteiger partial charge >= 0.3 is 0 Å². The summed E-state index contributed by atoms with van der Waals surface area (Å²) in [7, 11) is 0. The number of hydrogen-bond donors (Lipinski definition) is 3. The Kier molecular flexibility index (Phi) is 4.48. The molecule has 0 radical (unpaired) electrons. The molecule has 2 unspecified atom stereocenters. The quantitative estimate of drug-likeness (QED) is 0.662. The third kappa shape index (κ3) is 2.69. The standard InChI is InChI=1S/C18H15BrN6O/c1-21-17-14(11-4-2-3-10(7-20)15(11)19)12-8-23-25-18(12)24-16(17)13-9-22-5-6-26-13/h2-4,8,13-14,22H,5-6,9H2,(H2,23,24,25). The maximum atomic E-state index is 9.36. The number of halogens is 1. The lowest BCUT2D eigenvalue weighted by Gasteiger charge is -2.33. The predicted octanol–water partition coefficient (Wildman–Crippen LogP) is 2.72. The van der Waals surface area contributed by atoms with Crippen LogP contribution in [0.4, 0.5) is 5.82 Å². The molecule has 2 aromatic rings. The van der Waals surface area contributed by atoms with E-state index in [0.717, 1.165) is 29.2 Å². The molecule has 1 fully saturated rings. The van der Waals surface area contributed by atoms with Gasteiger partial charge in [-0.3, -0.25) is 5.10 Å². The van der Waals surface area contributed by atoms with Crippen LogP contribution in [0.15, 0.2) is 40.3 Å². The molecule has 3 N–H and O–H groups in total. The van der Waals surface area contributed by atoms with Crippen LogP contribution in [0.2, 0.25) is 0 Å². The first-order valence-corrected chi connectivity index (χ1v) is 8.96. The van der Waals surface area contributed by atoms with Crippen molar-refractivity contribution in [2.45, 2.75) is 12.0 Å². The first-order chi connectivity index (χ1) is 12.7. The molecule has 1 aromatic heterocycles. The molecule has 7 nitrogen and oxygen atoms in total. The number of nitrogens with one attached hydrogen (secondary N) is 3. The number of rotatable bonds is 2. The maximum absolute atomic E-state index is 9.36.